The maximum atomic E-state index is 12.0. The van der Waals surface area contributed by atoms with E-state index in [1.165, 1.54) is 5.56 Å². The lowest BCUT2D eigenvalue weighted by Gasteiger charge is -2.23. The highest BCUT2D eigenvalue weighted by atomic mass is 79.9. The van der Waals surface area contributed by atoms with Crippen molar-refractivity contribution in [2.24, 2.45) is 0 Å². The van der Waals surface area contributed by atoms with E-state index in [9.17, 15) is 4.79 Å². The van der Waals surface area contributed by atoms with Gasteiger partial charge in [-0.15, -0.1) is 0 Å². The predicted octanol–water partition coefficient (Wildman–Crippen LogP) is 2.75. The lowest BCUT2D eigenvalue weighted by molar-refractivity contribution is -0.118. The van der Waals surface area contributed by atoms with Gasteiger partial charge >= 0.3 is 0 Å². The Labute approximate surface area is 98.4 Å². The van der Waals surface area contributed by atoms with Crippen molar-refractivity contribution in [3.8, 4) is 0 Å². The summed E-state index contributed by atoms with van der Waals surface area (Å²) < 4.78 is 0. The summed E-state index contributed by atoms with van der Waals surface area (Å²) in [6, 6.07) is 8.40. The predicted molar refractivity (Wildman–Crippen MR) is 65.5 cm³/mol. The Balaban J connectivity index is 2.38. The van der Waals surface area contributed by atoms with Crippen LogP contribution in [0.2, 0.25) is 0 Å². The first-order valence-electron chi connectivity index (χ1n) is 5.16. The van der Waals surface area contributed by atoms with Crippen LogP contribution in [0.25, 0.3) is 0 Å². The van der Waals surface area contributed by atoms with Crippen molar-refractivity contribution in [1.82, 2.24) is 0 Å². The number of alkyl halides is 1. The number of hydrogen-bond acceptors (Lipinski definition) is 1. The summed E-state index contributed by atoms with van der Waals surface area (Å²) in [5.74, 6) is 0.146. The van der Waals surface area contributed by atoms with Gasteiger partial charge in [-0.3, -0.25) is 4.79 Å². The van der Waals surface area contributed by atoms with E-state index in [-0.39, 0.29) is 16.8 Å². The summed E-state index contributed by atoms with van der Waals surface area (Å²) >= 11 is 3.34. The fraction of sp³-hybridized carbons (Fsp3) is 0.417. The summed E-state index contributed by atoms with van der Waals surface area (Å²) in [5.41, 5.74) is 2.34. The number of carbonyl (C=O) groups excluding carboxylic acids is 1. The molecule has 1 aliphatic heterocycles. The third kappa shape index (κ3) is 1.81. The Hall–Kier alpha value is -0.830. The van der Waals surface area contributed by atoms with Crippen LogP contribution in [0.1, 0.15) is 19.4 Å². The quantitative estimate of drug-likeness (QED) is 0.717. The molecule has 1 aromatic carbocycles. The summed E-state index contributed by atoms with van der Waals surface area (Å²) in [5, 5.41) is 0. The molecule has 0 spiro atoms. The average molecular weight is 268 g/mol. The first-order chi connectivity index (χ1) is 7.11. The molecule has 2 atom stereocenters. The zero-order valence-corrected chi connectivity index (χ0v) is 10.5. The van der Waals surface area contributed by atoms with Crippen molar-refractivity contribution >= 4 is 27.5 Å². The average Bonchev–Trinajstić information content (AvgIpc) is 2.52. The smallest absolute Gasteiger partial charge is 0.240 e. The topological polar surface area (TPSA) is 20.3 Å². The molecule has 0 aliphatic carbocycles. The van der Waals surface area contributed by atoms with Gasteiger partial charge in [0, 0.05) is 11.7 Å². The van der Waals surface area contributed by atoms with Crippen LogP contribution in [0.15, 0.2) is 24.3 Å². The Morgan fingerprint density at radius 2 is 2.20 bits per heavy atom. The summed E-state index contributed by atoms with van der Waals surface area (Å²) in [4.78, 5) is 13.8. The summed E-state index contributed by atoms with van der Waals surface area (Å²) in [7, 11) is 0. The SMILES string of the molecule is CC(Br)C(=O)N1c2ccccc2CC1C. The monoisotopic (exact) mass is 267 g/mol. The fourth-order valence-corrected chi connectivity index (χ4v) is 2.31. The van der Waals surface area contributed by atoms with Crippen LogP contribution in [0, 0.1) is 0 Å². The van der Waals surface area contributed by atoms with Crippen molar-refractivity contribution in [1.29, 1.82) is 0 Å². The van der Waals surface area contributed by atoms with Crippen LogP contribution < -0.4 is 4.90 Å². The van der Waals surface area contributed by atoms with E-state index in [4.69, 9.17) is 0 Å². The normalized spacial score (nSPS) is 21.3. The number of hydrogen-bond donors (Lipinski definition) is 0. The van der Waals surface area contributed by atoms with E-state index in [2.05, 4.69) is 28.9 Å². The zero-order chi connectivity index (χ0) is 11.0. The molecule has 0 saturated carbocycles. The Morgan fingerprint density at radius 1 is 1.53 bits per heavy atom. The molecular weight excluding hydrogens is 254 g/mol. The number of carbonyl (C=O) groups is 1. The number of anilines is 1. The summed E-state index contributed by atoms with van der Waals surface area (Å²) in [6.45, 7) is 3.96. The maximum absolute atomic E-state index is 12.0. The van der Waals surface area contributed by atoms with E-state index in [1.54, 1.807) is 0 Å². The number of para-hydroxylation sites is 1. The van der Waals surface area contributed by atoms with Gasteiger partial charge < -0.3 is 4.90 Å². The van der Waals surface area contributed by atoms with Gasteiger partial charge in [0.05, 0.1) is 4.83 Å². The van der Waals surface area contributed by atoms with Crippen LogP contribution in [0.3, 0.4) is 0 Å². The number of benzene rings is 1. The van der Waals surface area contributed by atoms with Gasteiger partial charge in [0.1, 0.15) is 0 Å². The van der Waals surface area contributed by atoms with Crippen LogP contribution >= 0.6 is 15.9 Å². The minimum absolute atomic E-state index is 0.119. The lowest BCUT2D eigenvalue weighted by Crippen LogP contribution is -2.39. The molecular formula is C12H14BrNO. The maximum Gasteiger partial charge on any atom is 0.240 e. The van der Waals surface area contributed by atoms with Crippen molar-refractivity contribution in [2.75, 3.05) is 4.90 Å². The van der Waals surface area contributed by atoms with Crippen molar-refractivity contribution in [3.05, 3.63) is 29.8 Å². The van der Waals surface area contributed by atoms with E-state index in [0.717, 1.165) is 12.1 Å². The van der Waals surface area contributed by atoms with Crippen molar-refractivity contribution < 1.29 is 4.79 Å². The molecule has 0 fully saturated rings. The molecule has 15 heavy (non-hydrogen) atoms. The number of nitrogens with zero attached hydrogens (tertiary/aromatic N) is 1. The zero-order valence-electron chi connectivity index (χ0n) is 8.90. The van der Waals surface area contributed by atoms with Crippen LogP contribution in [0.4, 0.5) is 5.69 Å². The van der Waals surface area contributed by atoms with E-state index < -0.39 is 0 Å². The second kappa shape index (κ2) is 3.97. The highest BCUT2D eigenvalue weighted by Crippen LogP contribution is 2.32. The molecule has 2 unspecified atom stereocenters. The first-order valence-corrected chi connectivity index (χ1v) is 6.08. The van der Waals surface area contributed by atoms with E-state index in [1.807, 2.05) is 30.0 Å². The number of fused-ring (bicyclic) bond motifs is 1. The van der Waals surface area contributed by atoms with Gasteiger partial charge in [0.2, 0.25) is 5.91 Å². The molecule has 2 rings (SSSR count). The molecule has 0 saturated heterocycles. The van der Waals surface area contributed by atoms with E-state index in [0.29, 0.717) is 0 Å². The molecule has 0 N–H and O–H groups in total. The highest BCUT2D eigenvalue weighted by molar-refractivity contribution is 9.10. The molecule has 80 valence electrons. The van der Waals surface area contributed by atoms with Crippen molar-refractivity contribution in [3.63, 3.8) is 0 Å². The van der Waals surface area contributed by atoms with Gasteiger partial charge in [-0.2, -0.15) is 0 Å². The Morgan fingerprint density at radius 3 is 2.87 bits per heavy atom. The van der Waals surface area contributed by atoms with Gasteiger partial charge in [-0.05, 0) is 31.9 Å². The second-order valence-electron chi connectivity index (χ2n) is 4.01. The van der Waals surface area contributed by atoms with E-state index >= 15 is 0 Å². The van der Waals surface area contributed by atoms with Gasteiger partial charge in [0.15, 0.2) is 0 Å². The molecule has 2 nitrogen and oxygen atoms in total. The number of rotatable bonds is 1. The fourth-order valence-electron chi connectivity index (χ4n) is 2.09. The third-order valence-corrected chi connectivity index (χ3v) is 3.18. The molecule has 1 heterocycles. The second-order valence-corrected chi connectivity index (χ2v) is 5.38. The van der Waals surface area contributed by atoms with Gasteiger partial charge in [-0.25, -0.2) is 0 Å². The van der Waals surface area contributed by atoms with Crippen LogP contribution in [0.5, 0.6) is 0 Å². The third-order valence-electron chi connectivity index (χ3n) is 2.78. The first kappa shape index (κ1) is 10.7. The number of halogens is 1. The lowest BCUT2D eigenvalue weighted by atomic mass is 10.1. The molecule has 1 amide bonds. The van der Waals surface area contributed by atoms with Crippen LogP contribution in [-0.4, -0.2) is 16.8 Å². The molecule has 0 radical (unpaired) electrons. The molecule has 0 aromatic heterocycles. The number of amides is 1. The van der Waals surface area contributed by atoms with Crippen molar-refractivity contribution in [2.45, 2.75) is 31.1 Å². The molecule has 1 aliphatic rings. The largest absolute Gasteiger partial charge is 0.308 e. The standard InChI is InChI=1S/C12H14BrNO/c1-8-7-10-5-3-4-6-11(10)14(8)12(15)9(2)13/h3-6,8-9H,7H2,1-2H3. The molecule has 1 aromatic rings. The van der Waals surface area contributed by atoms with Gasteiger partial charge in [0.25, 0.3) is 0 Å². The minimum atomic E-state index is -0.119. The van der Waals surface area contributed by atoms with Crippen LogP contribution in [-0.2, 0) is 11.2 Å². The highest BCUT2D eigenvalue weighted by Gasteiger charge is 2.31. The summed E-state index contributed by atoms with van der Waals surface area (Å²) in [6.07, 6.45) is 0.960. The molecule has 0 bridgehead atoms. The minimum Gasteiger partial charge on any atom is -0.308 e. The Bertz CT molecular complexity index is 389. The van der Waals surface area contributed by atoms with Gasteiger partial charge in [-0.1, -0.05) is 34.1 Å². The molecule has 3 heteroatoms. The Kier molecular flexibility index (Phi) is 2.83.